The van der Waals surface area contributed by atoms with E-state index in [-0.39, 0.29) is 22.0 Å². The molecule has 15 heavy (non-hydrogen) atoms. The normalized spacial score (nSPS) is 12.0. The van der Waals surface area contributed by atoms with Gasteiger partial charge in [-0.05, 0) is 0 Å². The third kappa shape index (κ3) is 1.83. The van der Waals surface area contributed by atoms with E-state index in [4.69, 9.17) is 4.42 Å². The molecule has 0 unspecified atom stereocenters. The van der Waals surface area contributed by atoms with E-state index in [2.05, 4.69) is 15.3 Å². The van der Waals surface area contributed by atoms with E-state index in [1.54, 1.807) is 6.92 Å². The zero-order chi connectivity index (χ0) is 11.1. The molecule has 0 radical (unpaired) electrons. The van der Waals surface area contributed by atoms with E-state index >= 15 is 0 Å². The highest BCUT2D eigenvalue weighted by Gasteiger charge is 2.32. The van der Waals surface area contributed by atoms with Crippen molar-refractivity contribution in [3.8, 4) is 11.5 Å². The molecule has 0 fully saturated rings. The van der Waals surface area contributed by atoms with Crippen LogP contribution in [0.15, 0.2) is 16.8 Å². The van der Waals surface area contributed by atoms with E-state index in [9.17, 15) is 13.2 Å². The second-order valence-electron chi connectivity index (χ2n) is 2.77. The van der Waals surface area contributed by atoms with Gasteiger partial charge in [0, 0.05) is 13.1 Å². The summed E-state index contributed by atoms with van der Waals surface area (Å²) >= 11 is 0. The van der Waals surface area contributed by atoms with Crippen molar-refractivity contribution >= 4 is 0 Å². The van der Waals surface area contributed by atoms with Crippen LogP contribution in [0.5, 0.6) is 0 Å². The minimum Gasteiger partial charge on any atom is -0.421 e. The van der Waals surface area contributed by atoms with Crippen LogP contribution in [-0.2, 0) is 6.30 Å². The molecule has 80 valence electrons. The SMILES string of the molecule is Cc1nnc(-c2cnn(C(F)(F)F)c2)o1. The highest BCUT2D eigenvalue weighted by molar-refractivity contribution is 5.49. The summed E-state index contributed by atoms with van der Waals surface area (Å²) in [5.41, 5.74) is 0.132. The molecule has 0 N–H and O–H groups in total. The monoisotopic (exact) mass is 218 g/mol. The van der Waals surface area contributed by atoms with Gasteiger partial charge in [-0.3, -0.25) is 0 Å². The molecular weight excluding hydrogens is 213 g/mol. The van der Waals surface area contributed by atoms with Gasteiger partial charge in [-0.15, -0.1) is 23.4 Å². The Morgan fingerprint density at radius 3 is 2.53 bits per heavy atom. The fraction of sp³-hybridized carbons (Fsp3) is 0.286. The number of aromatic nitrogens is 4. The van der Waals surface area contributed by atoms with E-state index in [0.29, 0.717) is 0 Å². The maximum absolute atomic E-state index is 12.2. The van der Waals surface area contributed by atoms with E-state index < -0.39 is 6.30 Å². The molecule has 0 spiro atoms. The molecule has 2 heterocycles. The molecule has 0 amide bonds. The molecule has 0 atom stereocenters. The van der Waals surface area contributed by atoms with Crippen molar-refractivity contribution in [1.82, 2.24) is 20.0 Å². The van der Waals surface area contributed by atoms with Crippen molar-refractivity contribution < 1.29 is 17.6 Å². The number of nitrogens with zero attached hydrogens (tertiary/aromatic N) is 4. The van der Waals surface area contributed by atoms with Crippen molar-refractivity contribution in [2.24, 2.45) is 0 Å². The minimum atomic E-state index is -4.53. The van der Waals surface area contributed by atoms with Crippen LogP contribution in [0.4, 0.5) is 13.2 Å². The largest absolute Gasteiger partial charge is 0.504 e. The lowest BCUT2D eigenvalue weighted by molar-refractivity contribution is -0.212. The number of hydrogen-bond donors (Lipinski definition) is 0. The fourth-order valence-electron chi connectivity index (χ4n) is 0.985. The minimum absolute atomic E-state index is 0.0167. The number of aryl methyl sites for hydroxylation is 1. The number of alkyl halides is 3. The zero-order valence-electron chi connectivity index (χ0n) is 7.49. The van der Waals surface area contributed by atoms with E-state index in [1.165, 1.54) is 0 Å². The van der Waals surface area contributed by atoms with Gasteiger partial charge in [-0.1, -0.05) is 0 Å². The highest BCUT2D eigenvalue weighted by Crippen LogP contribution is 2.24. The molecule has 2 aromatic rings. The highest BCUT2D eigenvalue weighted by atomic mass is 19.4. The predicted molar refractivity (Wildman–Crippen MR) is 41.6 cm³/mol. The van der Waals surface area contributed by atoms with Crippen LogP contribution < -0.4 is 0 Å². The maximum atomic E-state index is 12.2. The summed E-state index contributed by atoms with van der Waals surface area (Å²) in [6, 6.07) is 0. The summed E-state index contributed by atoms with van der Waals surface area (Å²) < 4.78 is 41.3. The lowest BCUT2D eigenvalue weighted by atomic mass is 10.4. The summed E-state index contributed by atoms with van der Waals surface area (Å²) in [7, 11) is 0. The number of rotatable bonds is 1. The van der Waals surface area contributed by atoms with Gasteiger partial charge in [0.2, 0.25) is 5.89 Å². The van der Waals surface area contributed by atoms with Crippen LogP contribution in [0.1, 0.15) is 5.89 Å². The van der Waals surface area contributed by atoms with Gasteiger partial charge in [-0.2, -0.15) is 9.78 Å². The number of halogens is 3. The first-order valence-electron chi connectivity index (χ1n) is 3.89. The summed E-state index contributed by atoms with van der Waals surface area (Å²) in [5.74, 6) is 0.299. The maximum Gasteiger partial charge on any atom is 0.504 e. The topological polar surface area (TPSA) is 56.7 Å². The molecule has 0 bridgehead atoms. The molecule has 2 rings (SSSR count). The average molecular weight is 218 g/mol. The molecule has 0 saturated heterocycles. The second-order valence-corrected chi connectivity index (χ2v) is 2.77. The summed E-state index contributed by atoms with van der Waals surface area (Å²) in [4.78, 5) is 0. The van der Waals surface area contributed by atoms with Gasteiger partial charge in [0.15, 0.2) is 0 Å². The first kappa shape index (κ1) is 9.69. The summed E-state index contributed by atoms with van der Waals surface area (Å²) in [5, 5.41) is 10.2. The molecule has 0 aliphatic heterocycles. The third-order valence-electron chi connectivity index (χ3n) is 1.62. The molecular formula is C7H5F3N4O. The lowest BCUT2D eigenvalue weighted by Gasteiger charge is -2.03. The predicted octanol–water partition coefficient (Wildman–Crippen LogP) is 1.72. The molecule has 0 aromatic carbocycles. The van der Waals surface area contributed by atoms with Gasteiger partial charge in [-0.25, -0.2) is 0 Å². The zero-order valence-corrected chi connectivity index (χ0v) is 7.49. The first-order valence-corrected chi connectivity index (χ1v) is 3.89. The van der Waals surface area contributed by atoms with Gasteiger partial charge >= 0.3 is 6.30 Å². The van der Waals surface area contributed by atoms with Crippen LogP contribution in [0, 0.1) is 6.92 Å². The standard InChI is InChI=1S/C7H5F3N4O/c1-4-12-13-6(15-4)5-2-11-14(3-5)7(8,9)10/h2-3H,1H3. The molecule has 0 aliphatic carbocycles. The van der Waals surface area contributed by atoms with Crippen molar-refractivity contribution in [3.63, 3.8) is 0 Å². The Morgan fingerprint density at radius 1 is 1.33 bits per heavy atom. The lowest BCUT2D eigenvalue weighted by Crippen LogP contribution is -2.16. The van der Waals surface area contributed by atoms with Crippen LogP contribution in [-0.4, -0.2) is 20.0 Å². The Hall–Kier alpha value is -1.86. The van der Waals surface area contributed by atoms with Crippen molar-refractivity contribution in [2.45, 2.75) is 13.2 Å². The second kappa shape index (κ2) is 3.07. The Balaban J connectivity index is 2.36. The van der Waals surface area contributed by atoms with E-state index in [1.807, 2.05) is 0 Å². The Morgan fingerprint density at radius 2 is 2.07 bits per heavy atom. The quantitative estimate of drug-likeness (QED) is 0.731. The third-order valence-corrected chi connectivity index (χ3v) is 1.62. The Labute approximate surface area is 81.5 Å². The fourth-order valence-corrected chi connectivity index (χ4v) is 0.985. The van der Waals surface area contributed by atoms with Crippen molar-refractivity contribution in [3.05, 3.63) is 18.3 Å². The van der Waals surface area contributed by atoms with Crippen LogP contribution in [0.25, 0.3) is 11.5 Å². The van der Waals surface area contributed by atoms with Crippen LogP contribution in [0.2, 0.25) is 0 Å². The van der Waals surface area contributed by atoms with Gasteiger partial charge in [0.25, 0.3) is 5.89 Å². The van der Waals surface area contributed by atoms with Gasteiger partial charge < -0.3 is 4.42 Å². The molecule has 0 aliphatic rings. The Bertz CT molecular complexity index is 473. The Kier molecular flexibility index (Phi) is 1.98. The van der Waals surface area contributed by atoms with E-state index in [0.717, 1.165) is 12.4 Å². The van der Waals surface area contributed by atoms with Crippen LogP contribution >= 0.6 is 0 Å². The molecule has 2 aromatic heterocycles. The van der Waals surface area contributed by atoms with Gasteiger partial charge in [0.1, 0.15) is 0 Å². The van der Waals surface area contributed by atoms with Crippen molar-refractivity contribution in [1.29, 1.82) is 0 Å². The summed E-state index contributed by atoms with van der Waals surface area (Å²) in [6.45, 7) is 1.55. The van der Waals surface area contributed by atoms with Crippen LogP contribution in [0.3, 0.4) is 0 Å². The molecule has 8 heteroatoms. The summed E-state index contributed by atoms with van der Waals surface area (Å²) in [6.07, 6.45) is -2.74. The first-order chi connectivity index (χ1) is 6.97. The smallest absolute Gasteiger partial charge is 0.421 e. The molecule has 0 saturated carbocycles. The average Bonchev–Trinajstić information content (AvgIpc) is 2.69. The molecule has 5 nitrogen and oxygen atoms in total. The number of hydrogen-bond acceptors (Lipinski definition) is 4. The van der Waals surface area contributed by atoms with Crippen molar-refractivity contribution in [2.75, 3.05) is 0 Å². The van der Waals surface area contributed by atoms with Gasteiger partial charge in [0.05, 0.1) is 11.8 Å².